The molecule has 2 heterocycles. The predicted molar refractivity (Wildman–Crippen MR) is 115 cm³/mol. The molecule has 29 heavy (non-hydrogen) atoms. The summed E-state index contributed by atoms with van der Waals surface area (Å²) in [4.78, 5) is 17.3. The van der Waals surface area contributed by atoms with Gasteiger partial charge in [-0.05, 0) is 43.3 Å². The molecule has 2 aromatic heterocycles. The minimum Gasteiger partial charge on any atom is -0.497 e. The van der Waals surface area contributed by atoms with Crippen molar-refractivity contribution >= 4 is 34.0 Å². The highest BCUT2D eigenvalue weighted by molar-refractivity contribution is 7.14. The maximum Gasteiger partial charge on any atom is 0.262 e. The fourth-order valence-corrected chi connectivity index (χ4v) is 3.96. The van der Waals surface area contributed by atoms with Crippen LogP contribution in [0.5, 0.6) is 5.75 Å². The van der Waals surface area contributed by atoms with Crippen molar-refractivity contribution in [3.05, 3.63) is 76.4 Å². The minimum absolute atomic E-state index is 0.262. The topological polar surface area (TPSA) is 69.0 Å². The maximum absolute atomic E-state index is 12.8. The van der Waals surface area contributed by atoms with E-state index in [0.29, 0.717) is 16.4 Å². The molecule has 1 N–H and O–H groups in total. The molecule has 8 heteroatoms. The summed E-state index contributed by atoms with van der Waals surface area (Å²) in [6.07, 6.45) is 0. The van der Waals surface area contributed by atoms with Crippen LogP contribution in [0.3, 0.4) is 0 Å². The largest absolute Gasteiger partial charge is 0.497 e. The van der Waals surface area contributed by atoms with Crippen LogP contribution in [-0.2, 0) is 0 Å². The third-order valence-electron chi connectivity index (χ3n) is 4.34. The Labute approximate surface area is 176 Å². The van der Waals surface area contributed by atoms with E-state index in [1.807, 2.05) is 60.0 Å². The summed E-state index contributed by atoms with van der Waals surface area (Å²) in [5.74, 6) is 0.434. The van der Waals surface area contributed by atoms with Crippen LogP contribution in [0.2, 0.25) is 5.15 Å². The average Bonchev–Trinajstić information content (AvgIpc) is 3.32. The molecule has 0 aliphatic rings. The zero-order valence-electron chi connectivity index (χ0n) is 15.7. The molecule has 6 nitrogen and oxygen atoms in total. The number of rotatable bonds is 5. The zero-order valence-corrected chi connectivity index (χ0v) is 17.3. The van der Waals surface area contributed by atoms with E-state index in [2.05, 4.69) is 15.4 Å². The smallest absolute Gasteiger partial charge is 0.262 e. The summed E-state index contributed by atoms with van der Waals surface area (Å²) in [6.45, 7) is 1.75. The number of methoxy groups -OCH3 is 1. The van der Waals surface area contributed by atoms with Gasteiger partial charge in [0.15, 0.2) is 5.13 Å². The van der Waals surface area contributed by atoms with Crippen molar-refractivity contribution in [2.24, 2.45) is 0 Å². The monoisotopic (exact) mass is 424 g/mol. The Morgan fingerprint density at radius 2 is 1.86 bits per heavy atom. The van der Waals surface area contributed by atoms with Crippen molar-refractivity contribution in [2.75, 3.05) is 12.4 Å². The molecule has 0 aliphatic heterocycles. The van der Waals surface area contributed by atoms with Gasteiger partial charge in [0, 0.05) is 10.9 Å². The molecule has 0 aliphatic carbocycles. The van der Waals surface area contributed by atoms with E-state index in [1.165, 1.54) is 11.3 Å². The second kappa shape index (κ2) is 8.06. The molecule has 0 unspecified atom stereocenters. The van der Waals surface area contributed by atoms with Gasteiger partial charge in [-0.3, -0.25) is 10.1 Å². The number of hydrogen-bond acceptors (Lipinski definition) is 5. The molecule has 4 aromatic rings. The summed E-state index contributed by atoms with van der Waals surface area (Å²) in [7, 11) is 1.62. The number of aryl methyl sites for hydroxylation is 1. The van der Waals surface area contributed by atoms with Crippen LogP contribution < -0.4 is 10.1 Å². The Kier molecular flexibility index (Phi) is 5.33. The Hall–Kier alpha value is -3.16. The number of para-hydroxylation sites is 1. The number of carbonyl (C=O) groups excluding carboxylic acids is 1. The van der Waals surface area contributed by atoms with E-state index >= 15 is 0 Å². The van der Waals surface area contributed by atoms with Crippen molar-refractivity contribution in [2.45, 2.75) is 6.92 Å². The number of anilines is 1. The Bertz CT molecular complexity index is 1150. The average molecular weight is 425 g/mol. The first-order chi connectivity index (χ1) is 14.1. The lowest BCUT2D eigenvalue weighted by molar-refractivity contribution is 0.102. The first-order valence-electron chi connectivity index (χ1n) is 8.78. The summed E-state index contributed by atoms with van der Waals surface area (Å²) in [5.41, 5.74) is 3.38. The van der Waals surface area contributed by atoms with Crippen LogP contribution in [0.4, 0.5) is 5.13 Å². The van der Waals surface area contributed by atoms with Gasteiger partial charge in [-0.15, -0.1) is 11.3 Å². The minimum atomic E-state index is -0.342. The number of nitrogens with zero attached hydrogens (tertiary/aromatic N) is 3. The van der Waals surface area contributed by atoms with Gasteiger partial charge in [-0.2, -0.15) is 5.10 Å². The highest BCUT2D eigenvalue weighted by Crippen LogP contribution is 2.28. The molecule has 146 valence electrons. The van der Waals surface area contributed by atoms with E-state index in [4.69, 9.17) is 16.3 Å². The lowest BCUT2D eigenvalue weighted by Gasteiger charge is -2.04. The highest BCUT2D eigenvalue weighted by atomic mass is 35.5. The number of ether oxygens (including phenoxy) is 1. The molecule has 0 atom stereocenters. The molecule has 2 aromatic carbocycles. The summed E-state index contributed by atoms with van der Waals surface area (Å²) in [5, 5.41) is 9.87. The van der Waals surface area contributed by atoms with Crippen molar-refractivity contribution in [3.8, 4) is 22.7 Å². The molecule has 0 radical (unpaired) electrons. The third-order valence-corrected chi connectivity index (χ3v) is 5.45. The number of benzene rings is 2. The van der Waals surface area contributed by atoms with E-state index in [9.17, 15) is 4.79 Å². The first kappa shape index (κ1) is 19.2. The van der Waals surface area contributed by atoms with Gasteiger partial charge in [0.05, 0.1) is 24.2 Å². The Balaban J connectivity index is 1.56. The quantitative estimate of drug-likeness (QED) is 0.477. The van der Waals surface area contributed by atoms with Crippen molar-refractivity contribution in [3.63, 3.8) is 0 Å². The number of nitrogens with one attached hydrogen (secondary N) is 1. The van der Waals surface area contributed by atoms with Crippen LogP contribution in [-0.4, -0.2) is 27.8 Å². The van der Waals surface area contributed by atoms with E-state index < -0.39 is 0 Å². The summed E-state index contributed by atoms with van der Waals surface area (Å²) in [6, 6.07) is 17.0. The molecule has 4 rings (SSSR count). The SMILES string of the molecule is COc1ccc(-c2csc(NC(=O)c3c(C)nn(-c4ccccc4)c3Cl)n2)cc1. The van der Waals surface area contributed by atoms with Crippen LogP contribution in [0.15, 0.2) is 60.0 Å². The number of carbonyl (C=O) groups is 1. The fraction of sp³-hybridized carbons (Fsp3) is 0.0952. The Morgan fingerprint density at radius 1 is 1.14 bits per heavy atom. The summed E-state index contributed by atoms with van der Waals surface area (Å²) < 4.78 is 6.73. The van der Waals surface area contributed by atoms with Gasteiger partial charge in [-0.1, -0.05) is 29.8 Å². The highest BCUT2D eigenvalue weighted by Gasteiger charge is 2.22. The summed E-state index contributed by atoms with van der Waals surface area (Å²) >= 11 is 7.81. The molecular weight excluding hydrogens is 408 g/mol. The van der Waals surface area contributed by atoms with Crippen molar-refractivity contribution < 1.29 is 9.53 Å². The first-order valence-corrected chi connectivity index (χ1v) is 10.0. The molecule has 1 amide bonds. The molecule has 0 fully saturated rings. The zero-order chi connectivity index (χ0) is 20.4. The van der Waals surface area contributed by atoms with E-state index in [-0.39, 0.29) is 11.1 Å². The van der Waals surface area contributed by atoms with Crippen LogP contribution in [0.1, 0.15) is 16.1 Å². The van der Waals surface area contributed by atoms with Crippen LogP contribution in [0.25, 0.3) is 16.9 Å². The number of amides is 1. The van der Waals surface area contributed by atoms with E-state index in [0.717, 1.165) is 22.7 Å². The molecule has 0 saturated heterocycles. The van der Waals surface area contributed by atoms with Crippen molar-refractivity contribution in [1.29, 1.82) is 0 Å². The van der Waals surface area contributed by atoms with Crippen LogP contribution >= 0.6 is 22.9 Å². The molecular formula is C21H17ClN4O2S. The molecule has 0 saturated carbocycles. The lowest BCUT2D eigenvalue weighted by Crippen LogP contribution is -2.13. The number of thiazole rings is 1. The standard InChI is InChI=1S/C21H17ClN4O2S/c1-13-18(19(22)26(25-13)15-6-4-3-5-7-15)20(27)24-21-23-17(12-29-21)14-8-10-16(28-2)11-9-14/h3-12H,1-2H3,(H,23,24,27). The fourth-order valence-electron chi connectivity index (χ4n) is 2.88. The number of hydrogen-bond donors (Lipinski definition) is 1. The predicted octanol–water partition coefficient (Wildman–Crippen LogP) is 5.22. The van der Waals surface area contributed by atoms with Crippen LogP contribution in [0, 0.1) is 6.92 Å². The second-order valence-corrected chi connectivity index (χ2v) is 7.44. The van der Waals surface area contributed by atoms with Gasteiger partial charge in [0.2, 0.25) is 0 Å². The third kappa shape index (κ3) is 3.87. The maximum atomic E-state index is 12.8. The normalized spacial score (nSPS) is 10.7. The second-order valence-electron chi connectivity index (χ2n) is 6.22. The number of aromatic nitrogens is 3. The van der Waals surface area contributed by atoms with Crippen molar-refractivity contribution in [1.82, 2.24) is 14.8 Å². The Morgan fingerprint density at radius 3 is 2.55 bits per heavy atom. The lowest BCUT2D eigenvalue weighted by atomic mass is 10.2. The van der Waals surface area contributed by atoms with Gasteiger partial charge >= 0.3 is 0 Å². The van der Waals surface area contributed by atoms with Gasteiger partial charge in [0.25, 0.3) is 5.91 Å². The molecule has 0 bridgehead atoms. The van der Waals surface area contributed by atoms with Gasteiger partial charge < -0.3 is 4.74 Å². The molecule has 0 spiro atoms. The van der Waals surface area contributed by atoms with E-state index in [1.54, 1.807) is 18.7 Å². The number of halogens is 1. The van der Waals surface area contributed by atoms with Gasteiger partial charge in [-0.25, -0.2) is 9.67 Å². The van der Waals surface area contributed by atoms with Gasteiger partial charge in [0.1, 0.15) is 16.5 Å².